The van der Waals surface area contributed by atoms with E-state index >= 15 is 0 Å². The summed E-state index contributed by atoms with van der Waals surface area (Å²) in [6.07, 6.45) is 7.47. The number of ether oxygens (including phenoxy) is 1. The number of aryl methyl sites for hydroxylation is 1. The number of morpholine rings is 1. The van der Waals surface area contributed by atoms with Crippen LogP contribution in [0.5, 0.6) is 0 Å². The van der Waals surface area contributed by atoms with Gasteiger partial charge in [-0.05, 0) is 45.3 Å². The van der Waals surface area contributed by atoms with Gasteiger partial charge in [0.15, 0.2) is 11.5 Å². The number of aromatic amines is 1. The predicted octanol–water partition coefficient (Wildman–Crippen LogP) is 3.80. The number of imidazole rings is 1. The SMILES string of the molecule is Cc1cn2c(-c3cn[nH]c3)cnc2c(Nc2cc(C(C)N3CCOC(C)(C)C3)ns2)n1. The van der Waals surface area contributed by atoms with E-state index in [0.717, 1.165) is 53.0 Å². The Hall–Kier alpha value is -2.82. The van der Waals surface area contributed by atoms with Gasteiger partial charge in [-0.15, -0.1) is 0 Å². The second-order valence-corrected chi connectivity index (χ2v) is 9.36. The Balaban J connectivity index is 1.40. The highest BCUT2D eigenvalue weighted by atomic mass is 32.1. The Kier molecular flexibility index (Phi) is 4.99. The topological polar surface area (TPSA) is 96.3 Å². The molecule has 0 bridgehead atoms. The molecule has 1 atom stereocenters. The summed E-state index contributed by atoms with van der Waals surface area (Å²) in [4.78, 5) is 11.7. The van der Waals surface area contributed by atoms with E-state index in [0.29, 0.717) is 5.82 Å². The summed E-state index contributed by atoms with van der Waals surface area (Å²) in [6, 6.07) is 2.33. The second-order valence-electron chi connectivity index (χ2n) is 8.55. The van der Waals surface area contributed by atoms with Crippen LogP contribution >= 0.6 is 11.5 Å². The van der Waals surface area contributed by atoms with Crippen molar-refractivity contribution in [1.82, 2.24) is 33.8 Å². The number of fused-ring (bicyclic) bond motifs is 1. The van der Waals surface area contributed by atoms with Gasteiger partial charge in [0.25, 0.3) is 0 Å². The molecule has 4 aromatic heterocycles. The van der Waals surface area contributed by atoms with Gasteiger partial charge < -0.3 is 10.1 Å². The molecule has 0 radical (unpaired) electrons. The van der Waals surface area contributed by atoms with E-state index in [9.17, 15) is 0 Å². The molecule has 0 saturated carbocycles. The minimum atomic E-state index is -0.131. The van der Waals surface area contributed by atoms with E-state index in [-0.39, 0.29) is 11.6 Å². The summed E-state index contributed by atoms with van der Waals surface area (Å²) in [6.45, 7) is 11.0. The molecule has 5 heterocycles. The fourth-order valence-electron chi connectivity index (χ4n) is 4.03. The summed E-state index contributed by atoms with van der Waals surface area (Å²) in [5, 5.41) is 11.3. The Bertz CT molecular complexity index is 1200. The summed E-state index contributed by atoms with van der Waals surface area (Å²) in [5.41, 5.74) is 4.52. The zero-order valence-corrected chi connectivity index (χ0v) is 18.9. The lowest BCUT2D eigenvalue weighted by molar-refractivity contribution is -0.0961. The maximum absolute atomic E-state index is 5.85. The lowest BCUT2D eigenvalue weighted by Crippen LogP contribution is -2.49. The van der Waals surface area contributed by atoms with Crippen molar-refractivity contribution < 1.29 is 4.74 Å². The molecular weight excluding hydrogens is 412 g/mol. The maximum Gasteiger partial charge on any atom is 0.180 e. The monoisotopic (exact) mass is 438 g/mol. The van der Waals surface area contributed by atoms with Crippen LogP contribution < -0.4 is 5.32 Å². The largest absolute Gasteiger partial charge is 0.373 e. The van der Waals surface area contributed by atoms with Crippen LogP contribution in [0.3, 0.4) is 0 Å². The predicted molar refractivity (Wildman–Crippen MR) is 121 cm³/mol. The molecule has 10 heteroatoms. The first-order valence-electron chi connectivity index (χ1n) is 10.4. The average Bonchev–Trinajstić information content (AvgIpc) is 3.47. The van der Waals surface area contributed by atoms with Gasteiger partial charge in [-0.1, -0.05) is 0 Å². The fraction of sp³-hybridized carbons (Fsp3) is 0.429. The maximum atomic E-state index is 5.85. The van der Waals surface area contributed by atoms with Crippen molar-refractivity contribution in [2.75, 3.05) is 25.0 Å². The smallest absolute Gasteiger partial charge is 0.180 e. The number of H-pyrrole nitrogens is 1. The van der Waals surface area contributed by atoms with E-state index in [1.54, 1.807) is 6.20 Å². The Morgan fingerprint density at radius 1 is 1.32 bits per heavy atom. The van der Waals surface area contributed by atoms with Crippen molar-refractivity contribution in [1.29, 1.82) is 0 Å². The molecule has 0 aliphatic carbocycles. The Morgan fingerprint density at radius 3 is 2.97 bits per heavy atom. The minimum Gasteiger partial charge on any atom is -0.373 e. The number of nitrogens with zero attached hydrogens (tertiary/aromatic N) is 6. The van der Waals surface area contributed by atoms with Crippen LogP contribution in [-0.2, 0) is 4.74 Å². The minimum absolute atomic E-state index is 0.131. The number of anilines is 2. The van der Waals surface area contributed by atoms with Crippen molar-refractivity contribution in [2.24, 2.45) is 0 Å². The van der Waals surface area contributed by atoms with Gasteiger partial charge in [-0.2, -0.15) is 9.47 Å². The van der Waals surface area contributed by atoms with E-state index < -0.39 is 0 Å². The van der Waals surface area contributed by atoms with Crippen molar-refractivity contribution in [3.05, 3.63) is 42.2 Å². The molecule has 4 aromatic rings. The molecular formula is C21H26N8OS. The molecule has 1 unspecified atom stereocenters. The van der Waals surface area contributed by atoms with Gasteiger partial charge >= 0.3 is 0 Å². The average molecular weight is 439 g/mol. The van der Waals surface area contributed by atoms with Crippen molar-refractivity contribution in [3.63, 3.8) is 0 Å². The van der Waals surface area contributed by atoms with Crippen LogP contribution in [0.15, 0.2) is 30.9 Å². The van der Waals surface area contributed by atoms with Crippen LogP contribution in [0, 0.1) is 6.92 Å². The van der Waals surface area contributed by atoms with E-state index in [1.165, 1.54) is 11.5 Å². The lowest BCUT2D eigenvalue weighted by Gasteiger charge is -2.40. The molecule has 0 aromatic carbocycles. The number of aromatic nitrogens is 6. The third-order valence-electron chi connectivity index (χ3n) is 5.61. The van der Waals surface area contributed by atoms with Gasteiger partial charge in [0.2, 0.25) is 0 Å². The van der Waals surface area contributed by atoms with Crippen LogP contribution in [0.2, 0.25) is 0 Å². The quantitative estimate of drug-likeness (QED) is 0.489. The Morgan fingerprint density at radius 2 is 2.19 bits per heavy atom. The molecule has 2 N–H and O–H groups in total. The molecule has 1 aliphatic heterocycles. The highest BCUT2D eigenvalue weighted by Gasteiger charge is 2.31. The molecule has 0 amide bonds. The molecule has 0 spiro atoms. The molecule has 1 saturated heterocycles. The summed E-state index contributed by atoms with van der Waals surface area (Å²) in [5.74, 6) is 0.713. The van der Waals surface area contributed by atoms with Gasteiger partial charge in [0.1, 0.15) is 5.00 Å². The second kappa shape index (κ2) is 7.70. The zero-order chi connectivity index (χ0) is 21.6. The van der Waals surface area contributed by atoms with Crippen LogP contribution in [0.25, 0.3) is 16.9 Å². The summed E-state index contributed by atoms with van der Waals surface area (Å²) < 4.78 is 12.6. The van der Waals surface area contributed by atoms with E-state index in [1.807, 2.05) is 29.9 Å². The number of nitrogens with one attached hydrogen (secondary N) is 2. The van der Waals surface area contributed by atoms with Gasteiger partial charge in [0.05, 0.1) is 47.7 Å². The third-order valence-corrected chi connectivity index (χ3v) is 6.33. The van der Waals surface area contributed by atoms with Gasteiger partial charge in [-0.3, -0.25) is 14.4 Å². The highest BCUT2D eigenvalue weighted by Crippen LogP contribution is 2.31. The van der Waals surface area contributed by atoms with Crippen LogP contribution in [0.4, 0.5) is 10.8 Å². The number of rotatable bonds is 5. The van der Waals surface area contributed by atoms with Crippen molar-refractivity contribution in [3.8, 4) is 11.3 Å². The normalized spacial score (nSPS) is 17.8. The van der Waals surface area contributed by atoms with Crippen molar-refractivity contribution in [2.45, 2.75) is 39.3 Å². The molecule has 1 fully saturated rings. The van der Waals surface area contributed by atoms with Gasteiger partial charge in [-0.25, -0.2) is 9.97 Å². The zero-order valence-electron chi connectivity index (χ0n) is 18.1. The molecule has 162 valence electrons. The molecule has 5 rings (SSSR count). The number of hydrogen-bond donors (Lipinski definition) is 2. The van der Waals surface area contributed by atoms with E-state index in [4.69, 9.17) is 9.11 Å². The highest BCUT2D eigenvalue weighted by molar-refractivity contribution is 7.10. The Labute approximate surface area is 184 Å². The van der Waals surface area contributed by atoms with Crippen LogP contribution in [0.1, 0.15) is 38.2 Å². The first kappa shape index (κ1) is 20.1. The fourth-order valence-corrected chi connectivity index (χ4v) is 4.75. The van der Waals surface area contributed by atoms with Crippen molar-refractivity contribution >= 4 is 28.0 Å². The summed E-state index contributed by atoms with van der Waals surface area (Å²) in [7, 11) is 0. The standard InChI is InChI=1S/C21H26N8OS/c1-13-11-29-17(15-8-23-24-9-15)10-22-20(29)19(25-13)26-18-7-16(27-31-18)14(2)28-5-6-30-21(3,4)12-28/h7-11,14H,5-6,12H2,1-4H3,(H,23,24)(H,25,26). The van der Waals surface area contributed by atoms with E-state index in [2.05, 4.69) is 57.2 Å². The first-order valence-corrected chi connectivity index (χ1v) is 11.1. The lowest BCUT2D eigenvalue weighted by atomic mass is 10.0. The van der Waals surface area contributed by atoms with Gasteiger partial charge in [0, 0.05) is 31.0 Å². The number of hydrogen-bond acceptors (Lipinski definition) is 8. The molecule has 9 nitrogen and oxygen atoms in total. The summed E-state index contributed by atoms with van der Waals surface area (Å²) >= 11 is 1.44. The third kappa shape index (κ3) is 3.93. The molecule has 1 aliphatic rings. The first-order chi connectivity index (χ1) is 14.9. The van der Waals surface area contributed by atoms with Crippen LogP contribution in [-0.4, -0.2) is 59.1 Å². The molecule has 31 heavy (non-hydrogen) atoms.